The molecule has 1 aromatic rings. The maximum Gasteiger partial charge on any atom is 0.230 e. The number of Topliss-reactive ketones (excluding diaryl/α,β-unsaturated/α-hetero) is 2. The minimum Gasteiger partial charge on any atom is -0.492 e. The van der Waals surface area contributed by atoms with Crippen LogP contribution in [0.25, 0.3) is 0 Å². The maximum atomic E-state index is 12.5. The van der Waals surface area contributed by atoms with Crippen molar-refractivity contribution in [2.75, 3.05) is 7.11 Å². The molecule has 3 rings (SSSR count). The number of rotatable bonds is 1. The first-order valence-corrected chi connectivity index (χ1v) is 6.56. The molecular formula is C15H17NO3. The fourth-order valence-electron chi connectivity index (χ4n) is 3.42. The van der Waals surface area contributed by atoms with E-state index in [1.165, 1.54) is 7.11 Å². The zero-order chi connectivity index (χ0) is 13.9. The van der Waals surface area contributed by atoms with Crippen molar-refractivity contribution in [3.8, 4) is 0 Å². The van der Waals surface area contributed by atoms with Gasteiger partial charge in [0.15, 0.2) is 5.76 Å². The first kappa shape index (κ1) is 12.2. The van der Waals surface area contributed by atoms with Gasteiger partial charge in [0.25, 0.3) is 0 Å². The van der Waals surface area contributed by atoms with E-state index >= 15 is 0 Å². The number of hydrogen-bond donors (Lipinski definition) is 0. The normalized spacial score (nSPS) is 21.8. The van der Waals surface area contributed by atoms with Crippen molar-refractivity contribution in [3.63, 3.8) is 0 Å². The zero-order valence-electron chi connectivity index (χ0n) is 11.7. The number of allylic oxidation sites excluding steroid dienone is 2. The van der Waals surface area contributed by atoms with Crippen LogP contribution in [-0.4, -0.2) is 23.2 Å². The van der Waals surface area contributed by atoms with Crippen LogP contribution in [-0.2, 0) is 11.3 Å². The Morgan fingerprint density at radius 3 is 2.53 bits per heavy atom. The quantitative estimate of drug-likeness (QED) is 0.729. The van der Waals surface area contributed by atoms with Crippen molar-refractivity contribution in [2.24, 2.45) is 0 Å². The monoisotopic (exact) mass is 260 g/mol. The van der Waals surface area contributed by atoms with Crippen molar-refractivity contribution in [1.82, 2.24) is 4.57 Å². The molecule has 0 saturated carbocycles. The van der Waals surface area contributed by atoms with E-state index in [0.29, 0.717) is 22.7 Å². The molecule has 1 aliphatic carbocycles. The summed E-state index contributed by atoms with van der Waals surface area (Å²) in [4.78, 5) is 25.0. The van der Waals surface area contributed by atoms with Gasteiger partial charge in [-0.15, -0.1) is 0 Å². The summed E-state index contributed by atoms with van der Waals surface area (Å²) in [6.07, 6.45) is 1.03. The van der Waals surface area contributed by atoms with Gasteiger partial charge in [0.2, 0.25) is 11.6 Å². The predicted octanol–water partition coefficient (Wildman–Crippen LogP) is 2.60. The lowest BCUT2D eigenvalue weighted by Crippen LogP contribution is -2.23. The third kappa shape index (κ3) is 1.34. The summed E-state index contributed by atoms with van der Waals surface area (Å²) >= 11 is 0. The SMILES string of the molecule is COC1=C(C)C(=O)c2c(c(C)c3n2CCC3[13CH3])C1=O. The summed E-state index contributed by atoms with van der Waals surface area (Å²) in [5, 5.41) is 0. The fraction of sp³-hybridized carbons (Fsp3) is 0.467. The highest BCUT2D eigenvalue weighted by atomic mass is 16.5. The Labute approximate surface area is 112 Å². The second-order valence-corrected chi connectivity index (χ2v) is 5.39. The van der Waals surface area contributed by atoms with Gasteiger partial charge in [-0.3, -0.25) is 9.59 Å². The van der Waals surface area contributed by atoms with Crippen LogP contribution in [0.4, 0.5) is 0 Å². The van der Waals surface area contributed by atoms with Crippen molar-refractivity contribution >= 4 is 11.6 Å². The lowest BCUT2D eigenvalue weighted by molar-refractivity contribution is 0.0902. The lowest BCUT2D eigenvalue weighted by atomic mass is 9.91. The van der Waals surface area contributed by atoms with Gasteiger partial charge in [-0.1, -0.05) is 6.92 Å². The molecule has 2 aliphatic rings. The largest absolute Gasteiger partial charge is 0.492 e. The van der Waals surface area contributed by atoms with Gasteiger partial charge in [-0.2, -0.15) is 0 Å². The maximum absolute atomic E-state index is 12.5. The molecule has 0 aromatic carbocycles. The Morgan fingerprint density at radius 1 is 1.21 bits per heavy atom. The second-order valence-electron chi connectivity index (χ2n) is 5.39. The summed E-state index contributed by atoms with van der Waals surface area (Å²) in [5.41, 5.74) is 3.62. The smallest absolute Gasteiger partial charge is 0.230 e. The molecule has 1 unspecified atom stereocenters. The third-order valence-corrected chi connectivity index (χ3v) is 4.34. The van der Waals surface area contributed by atoms with Gasteiger partial charge in [-0.05, 0) is 31.7 Å². The molecular weight excluding hydrogens is 243 g/mol. The van der Waals surface area contributed by atoms with Crippen LogP contribution in [0.1, 0.15) is 58.3 Å². The number of carbonyl (C=O) groups is 2. The second kappa shape index (κ2) is 3.83. The molecule has 100 valence electrons. The topological polar surface area (TPSA) is 48.3 Å². The Balaban J connectivity index is 2.32. The molecule has 0 saturated heterocycles. The number of fused-ring (bicyclic) bond motifs is 3. The van der Waals surface area contributed by atoms with Gasteiger partial charge >= 0.3 is 0 Å². The van der Waals surface area contributed by atoms with Gasteiger partial charge < -0.3 is 9.30 Å². The van der Waals surface area contributed by atoms with Crippen molar-refractivity contribution in [3.05, 3.63) is 33.8 Å². The van der Waals surface area contributed by atoms with Crippen molar-refractivity contribution in [1.29, 1.82) is 0 Å². The highest BCUT2D eigenvalue weighted by Crippen LogP contribution is 2.40. The molecule has 0 bridgehead atoms. The van der Waals surface area contributed by atoms with E-state index in [1.54, 1.807) is 6.92 Å². The van der Waals surface area contributed by atoms with Crippen LogP contribution in [0.5, 0.6) is 0 Å². The summed E-state index contributed by atoms with van der Waals surface area (Å²) in [7, 11) is 1.44. The number of carbonyl (C=O) groups excluding carboxylic acids is 2. The van der Waals surface area contributed by atoms with E-state index in [-0.39, 0.29) is 17.3 Å². The molecule has 0 fully saturated rings. The van der Waals surface area contributed by atoms with Crippen molar-refractivity contribution < 1.29 is 14.3 Å². The van der Waals surface area contributed by atoms with E-state index in [2.05, 4.69) is 6.92 Å². The fourth-order valence-corrected chi connectivity index (χ4v) is 3.42. The number of ketones is 2. The molecule has 0 spiro atoms. The van der Waals surface area contributed by atoms with E-state index in [0.717, 1.165) is 24.2 Å². The Kier molecular flexibility index (Phi) is 2.46. The molecule has 0 amide bonds. The van der Waals surface area contributed by atoms with E-state index in [4.69, 9.17) is 4.74 Å². The third-order valence-electron chi connectivity index (χ3n) is 4.34. The molecule has 4 heteroatoms. The highest BCUT2D eigenvalue weighted by Gasteiger charge is 2.39. The Hall–Kier alpha value is -1.84. The number of hydrogen-bond acceptors (Lipinski definition) is 3. The summed E-state index contributed by atoms with van der Waals surface area (Å²) in [5.74, 6) is 0.367. The van der Waals surface area contributed by atoms with Crippen molar-refractivity contribution in [2.45, 2.75) is 39.7 Å². The van der Waals surface area contributed by atoms with Gasteiger partial charge in [0.05, 0.1) is 12.7 Å². The molecule has 2 heterocycles. The molecule has 1 atom stereocenters. The number of nitrogens with zero attached hydrogens (tertiary/aromatic N) is 1. The standard InChI is InChI=1S/C15H17NO3/c1-7-5-6-16-11(7)8(2)10-12(16)13(17)9(3)15(19-4)14(10)18/h7H,5-6H2,1-4H3/i1+1. The van der Waals surface area contributed by atoms with Crippen LogP contribution >= 0.6 is 0 Å². The van der Waals surface area contributed by atoms with Crippen LogP contribution in [0.2, 0.25) is 0 Å². The summed E-state index contributed by atoms with van der Waals surface area (Å²) in [6, 6.07) is 0. The van der Waals surface area contributed by atoms with Crippen LogP contribution in [0.3, 0.4) is 0 Å². The number of aromatic nitrogens is 1. The van der Waals surface area contributed by atoms with E-state index < -0.39 is 0 Å². The Morgan fingerprint density at radius 2 is 1.89 bits per heavy atom. The molecule has 0 N–H and O–H groups in total. The van der Waals surface area contributed by atoms with Gasteiger partial charge in [0.1, 0.15) is 5.69 Å². The van der Waals surface area contributed by atoms with Crippen LogP contribution in [0.15, 0.2) is 11.3 Å². The van der Waals surface area contributed by atoms with Crippen LogP contribution in [0, 0.1) is 6.92 Å². The minimum atomic E-state index is -0.152. The summed E-state index contributed by atoms with van der Waals surface area (Å²) in [6.45, 7) is 6.56. The predicted molar refractivity (Wildman–Crippen MR) is 70.6 cm³/mol. The van der Waals surface area contributed by atoms with Gasteiger partial charge in [-0.25, -0.2) is 0 Å². The first-order valence-electron chi connectivity index (χ1n) is 6.56. The molecule has 1 aliphatic heterocycles. The average Bonchev–Trinajstić information content (AvgIpc) is 2.88. The van der Waals surface area contributed by atoms with Crippen LogP contribution < -0.4 is 0 Å². The average molecular weight is 260 g/mol. The number of ether oxygens (including phenoxy) is 1. The lowest BCUT2D eigenvalue weighted by Gasteiger charge is -2.17. The summed E-state index contributed by atoms with van der Waals surface area (Å²) < 4.78 is 7.16. The van der Waals surface area contributed by atoms with Gasteiger partial charge in [0, 0.05) is 17.8 Å². The van der Waals surface area contributed by atoms with E-state index in [1.807, 2.05) is 11.5 Å². The molecule has 4 nitrogen and oxygen atoms in total. The Bertz CT molecular complexity index is 649. The highest BCUT2D eigenvalue weighted by molar-refractivity contribution is 6.26. The van der Waals surface area contributed by atoms with E-state index in [9.17, 15) is 9.59 Å². The zero-order valence-corrected chi connectivity index (χ0v) is 11.7. The minimum absolute atomic E-state index is 0.0742. The molecule has 19 heavy (non-hydrogen) atoms. The molecule has 1 aromatic heterocycles. The molecule has 0 radical (unpaired) electrons. The number of methoxy groups -OCH3 is 1. The first-order chi connectivity index (χ1) is 8.99.